The number of sulfonamides is 1. The van der Waals surface area contributed by atoms with Crippen molar-refractivity contribution < 1.29 is 13.2 Å². The number of hydrogen-bond donors (Lipinski definition) is 2. The Balaban J connectivity index is 1.22. The number of para-hydroxylation sites is 1. The quantitative estimate of drug-likeness (QED) is 0.318. The number of aromatic nitrogens is 6. The van der Waals surface area contributed by atoms with Gasteiger partial charge in [-0.3, -0.25) is 4.79 Å². The Kier molecular flexibility index (Phi) is 6.01. The smallest absolute Gasteiger partial charge is 0.264 e. The summed E-state index contributed by atoms with van der Waals surface area (Å²) in [6.45, 7) is 0. The molecule has 1 amide bonds. The number of rotatable bonds is 7. The number of benzene rings is 2. The van der Waals surface area contributed by atoms with Gasteiger partial charge in [-0.2, -0.15) is 0 Å². The van der Waals surface area contributed by atoms with E-state index in [4.69, 9.17) is 0 Å². The molecule has 5 aromatic rings. The van der Waals surface area contributed by atoms with Gasteiger partial charge in [0.05, 0.1) is 16.2 Å². The molecule has 0 aliphatic carbocycles. The van der Waals surface area contributed by atoms with Crippen LogP contribution in [0.15, 0.2) is 77.0 Å². The maximum atomic E-state index is 12.5. The molecule has 0 spiro atoms. The van der Waals surface area contributed by atoms with E-state index in [0.717, 1.165) is 22.7 Å². The number of thioether (sulfide) groups is 1. The van der Waals surface area contributed by atoms with Gasteiger partial charge in [-0.15, -0.1) is 10.2 Å². The van der Waals surface area contributed by atoms with Crippen LogP contribution in [0.2, 0.25) is 0 Å². The highest BCUT2D eigenvalue weighted by molar-refractivity contribution is 7.99. The molecule has 176 valence electrons. The molecule has 2 aromatic carbocycles. The number of nitrogens with one attached hydrogen (secondary N) is 2. The van der Waals surface area contributed by atoms with Crippen LogP contribution in [0.5, 0.6) is 0 Å². The average Bonchev–Trinajstić information content (AvgIpc) is 3.15. The van der Waals surface area contributed by atoms with Crippen LogP contribution in [-0.4, -0.2) is 49.8 Å². The highest BCUT2D eigenvalue weighted by Crippen LogP contribution is 2.26. The first-order valence-corrected chi connectivity index (χ1v) is 12.8. The van der Waals surface area contributed by atoms with Crippen molar-refractivity contribution in [2.45, 2.75) is 10.1 Å². The number of nitrogens with zero attached hydrogens (tertiary/aromatic N) is 6. The summed E-state index contributed by atoms with van der Waals surface area (Å²) in [5.74, 6) is -0.258. The van der Waals surface area contributed by atoms with E-state index in [9.17, 15) is 13.2 Å². The molecule has 0 radical (unpaired) electrons. The summed E-state index contributed by atoms with van der Waals surface area (Å²) < 4.78 is 29.2. The van der Waals surface area contributed by atoms with E-state index < -0.39 is 10.0 Å². The summed E-state index contributed by atoms with van der Waals surface area (Å²) in [6, 6.07) is 15.2. The van der Waals surface area contributed by atoms with Crippen LogP contribution in [-0.2, 0) is 21.9 Å². The molecular weight excluding hydrogens is 488 g/mol. The molecule has 0 fully saturated rings. The zero-order chi connectivity index (χ0) is 24.4. The minimum atomic E-state index is -3.85. The van der Waals surface area contributed by atoms with Gasteiger partial charge in [0.1, 0.15) is 5.52 Å². The predicted molar refractivity (Wildman–Crippen MR) is 132 cm³/mol. The van der Waals surface area contributed by atoms with Crippen LogP contribution in [0.4, 0.5) is 11.6 Å². The molecule has 0 aliphatic rings. The summed E-state index contributed by atoms with van der Waals surface area (Å²) in [4.78, 5) is 24.7. The number of hydrogen-bond acceptors (Lipinski definition) is 9. The van der Waals surface area contributed by atoms with E-state index in [0.29, 0.717) is 22.0 Å². The molecule has 3 aromatic heterocycles. The van der Waals surface area contributed by atoms with E-state index in [1.165, 1.54) is 36.7 Å². The molecule has 35 heavy (non-hydrogen) atoms. The molecular formula is C22H18N8O3S2. The number of aryl methyl sites for hydroxylation is 1. The van der Waals surface area contributed by atoms with Crippen LogP contribution in [0.1, 0.15) is 0 Å². The fourth-order valence-corrected chi connectivity index (χ4v) is 4.97. The van der Waals surface area contributed by atoms with Crippen molar-refractivity contribution in [1.29, 1.82) is 0 Å². The molecule has 0 atom stereocenters. The lowest BCUT2D eigenvalue weighted by Gasteiger charge is -2.08. The first-order chi connectivity index (χ1) is 16.9. The summed E-state index contributed by atoms with van der Waals surface area (Å²) in [5, 5.41) is 12.5. The second kappa shape index (κ2) is 9.27. The van der Waals surface area contributed by atoms with E-state index in [2.05, 4.69) is 35.2 Å². The van der Waals surface area contributed by atoms with Crippen LogP contribution in [0.3, 0.4) is 0 Å². The Bertz CT molecular complexity index is 1640. The van der Waals surface area contributed by atoms with Gasteiger partial charge in [-0.05, 0) is 36.4 Å². The zero-order valence-corrected chi connectivity index (χ0v) is 19.9. The van der Waals surface area contributed by atoms with E-state index in [-0.39, 0.29) is 22.5 Å². The van der Waals surface area contributed by atoms with Crippen LogP contribution >= 0.6 is 11.8 Å². The largest absolute Gasteiger partial charge is 0.327 e. The van der Waals surface area contributed by atoms with Crippen molar-refractivity contribution in [1.82, 2.24) is 29.7 Å². The van der Waals surface area contributed by atoms with Crippen molar-refractivity contribution in [2.75, 3.05) is 15.8 Å². The lowest BCUT2D eigenvalue weighted by Crippen LogP contribution is -2.16. The number of carbonyl (C=O) groups is 1. The Labute approximate surface area is 204 Å². The van der Waals surface area contributed by atoms with Crippen molar-refractivity contribution in [3.05, 3.63) is 67.0 Å². The van der Waals surface area contributed by atoms with Crippen LogP contribution in [0, 0.1) is 0 Å². The molecule has 0 aliphatic heterocycles. The molecule has 3 heterocycles. The second-order valence-corrected chi connectivity index (χ2v) is 10.0. The molecule has 0 bridgehead atoms. The van der Waals surface area contributed by atoms with Gasteiger partial charge in [0.25, 0.3) is 10.0 Å². The van der Waals surface area contributed by atoms with Gasteiger partial charge in [-0.1, -0.05) is 30.0 Å². The van der Waals surface area contributed by atoms with Crippen LogP contribution < -0.4 is 10.0 Å². The Morgan fingerprint density at radius 1 is 1.00 bits per heavy atom. The van der Waals surface area contributed by atoms with Crippen LogP contribution in [0.25, 0.3) is 22.1 Å². The molecule has 5 rings (SSSR count). The first kappa shape index (κ1) is 22.7. The van der Waals surface area contributed by atoms with Gasteiger partial charge in [-0.25, -0.2) is 28.1 Å². The van der Waals surface area contributed by atoms with E-state index >= 15 is 0 Å². The SMILES string of the molecule is Cn1c2ccccc2c2nnc(SCC(=O)Nc3ccc(S(=O)(=O)Nc4ncccn4)cc3)nc21. The second-order valence-electron chi connectivity index (χ2n) is 7.38. The highest BCUT2D eigenvalue weighted by atomic mass is 32.2. The minimum Gasteiger partial charge on any atom is -0.327 e. The van der Waals surface area contributed by atoms with Crippen molar-refractivity contribution in [2.24, 2.45) is 7.05 Å². The lowest BCUT2D eigenvalue weighted by molar-refractivity contribution is -0.113. The molecule has 0 unspecified atom stereocenters. The van der Waals surface area contributed by atoms with E-state index in [1.807, 2.05) is 35.9 Å². The predicted octanol–water partition coefficient (Wildman–Crippen LogP) is 2.84. The normalized spacial score (nSPS) is 11.6. The van der Waals surface area contributed by atoms with Gasteiger partial charge in [0.2, 0.25) is 17.0 Å². The van der Waals surface area contributed by atoms with Crippen molar-refractivity contribution in [3.63, 3.8) is 0 Å². The van der Waals surface area contributed by atoms with Crippen molar-refractivity contribution in [3.8, 4) is 0 Å². The molecule has 0 saturated heterocycles. The Morgan fingerprint density at radius 2 is 1.74 bits per heavy atom. The third-order valence-corrected chi connectivity index (χ3v) is 7.24. The van der Waals surface area contributed by atoms with Gasteiger partial charge in [0.15, 0.2) is 5.65 Å². The monoisotopic (exact) mass is 506 g/mol. The summed E-state index contributed by atoms with van der Waals surface area (Å²) >= 11 is 1.16. The molecule has 11 nitrogen and oxygen atoms in total. The molecule has 2 N–H and O–H groups in total. The van der Waals surface area contributed by atoms with Gasteiger partial charge in [0, 0.05) is 30.5 Å². The Hall–Kier alpha value is -4.10. The Morgan fingerprint density at radius 3 is 2.51 bits per heavy atom. The fourth-order valence-electron chi connectivity index (χ4n) is 3.43. The third-order valence-electron chi connectivity index (χ3n) is 5.06. The highest BCUT2D eigenvalue weighted by Gasteiger charge is 2.16. The lowest BCUT2D eigenvalue weighted by atomic mass is 10.2. The topological polar surface area (TPSA) is 145 Å². The summed E-state index contributed by atoms with van der Waals surface area (Å²) in [6.07, 6.45) is 2.87. The minimum absolute atomic E-state index is 0.0139. The first-order valence-electron chi connectivity index (χ1n) is 10.3. The number of fused-ring (bicyclic) bond motifs is 3. The standard InChI is InChI=1S/C22H18N8O3S2/c1-30-17-6-3-2-5-16(17)19-20(30)26-22(28-27-19)34-13-18(31)25-14-7-9-15(10-8-14)35(32,33)29-21-23-11-4-12-24-21/h2-12H,13H2,1H3,(H,25,31)(H,23,24,29). The molecule has 0 saturated carbocycles. The number of carbonyl (C=O) groups excluding carboxylic acids is 1. The average molecular weight is 507 g/mol. The number of amides is 1. The van der Waals surface area contributed by atoms with Gasteiger partial charge >= 0.3 is 0 Å². The maximum absolute atomic E-state index is 12.5. The maximum Gasteiger partial charge on any atom is 0.264 e. The zero-order valence-electron chi connectivity index (χ0n) is 18.3. The fraction of sp³-hybridized carbons (Fsp3) is 0.0909. The third kappa shape index (κ3) is 4.76. The van der Waals surface area contributed by atoms with Crippen molar-refractivity contribution >= 4 is 61.4 Å². The van der Waals surface area contributed by atoms with E-state index in [1.54, 1.807) is 6.07 Å². The number of anilines is 2. The summed E-state index contributed by atoms with van der Waals surface area (Å²) in [7, 11) is -1.94. The van der Waals surface area contributed by atoms with Gasteiger partial charge < -0.3 is 9.88 Å². The molecule has 13 heteroatoms. The summed E-state index contributed by atoms with van der Waals surface area (Å²) in [5.41, 5.74) is 2.85.